The average molecular weight is 462 g/mol. The molecular formula is C23H25F3N4O3. The number of alkyl halides is 3. The number of hydrogen-bond acceptors (Lipinski definition) is 4. The van der Waals surface area contributed by atoms with Crippen molar-refractivity contribution in [2.75, 3.05) is 23.4 Å². The molecule has 1 saturated heterocycles. The number of piperidine rings is 1. The topological polar surface area (TPSA) is 94.6 Å². The molecule has 1 atom stereocenters. The lowest BCUT2D eigenvalue weighted by atomic mass is 9.65. The Hall–Kier alpha value is -3.14. The van der Waals surface area contributed by atoms with Gasteiger partial charge in [-0.25, -0.2) is 9.78 Å². The molecule has 33 heavy (non-hydrogen) atoms. The number of amides is 3. The standard InChI is InChI=1S/C23H25F3N4O3/c24-23(25,26)19-9-6-16(13-27-19)28-21(33)29-18-3-1-12-30(20(18)32)17-7-4-15(5-8-17)22(14-31)10-2-11-22/h4-9,13,18,31H,1-3,10-12,14H2,(H2,28,29,33). The molecule has 0 radical (unpaired) electrons. The number of hydrogen-bond donors (Lipinski definition) is 3. The third kappa shape index (κ3) is 4.80. The molecule has 2 heterocycles. The Kier molecular flexibility index (Phi) is 6.29. The summed E-state index contributed by atoms with van der Waals surface area (Å²) in [6.45, 7) is 0.622. The Bertz CT molecular complexity index is 1000. The van der Waals surface area contributed by atoms with E-state index < -0.39 is 23.9 Å². The number of urea groups is 1. The maximum Gasteiger partial charge on any atom is 0.433 e. The Balaban J connectivity index is 1.37. The number of nitrogens with zero attached hydrogens (tertiary/aromatic N) is 2. The van der Waals surface area contributed by atoms with Crippen LogP contribution in [0, 0.1) is 0 Å². The van der Waals surface area contributed by atoms with Crippen LogP contribution in [0.3, 0.4) is 0 Å². The third-order valence-corrected chi connectivity index (χ3v) is 6.46. The Morgan fingerprint density at radius 2 is 1.88 bits per heavy atom. The summed E-state index contributed by atoms with van der Waals surface area (Å²) in [4.78, 5) is 30.2. The molecule has 2 fully saturated rings. The van der Waals surface area contributed by atoms with Crippen LogP contribution in [0.15, 0.2) is 42.6 Å². The van der Waals surface area contributed by atoms with Crippen molar-refractivity contribution in [3.63, 3.8) is 0 Å². The molecule has 7 nitrogen and oxygen atoms in total. The van der Waals surface area contributed by atoms with E-state index in [9.17, 15) is 27.9 Å². The number of anilines is 2. The van der Waals surface area contributed by atoms with E-state index in [1.165, 1.54) is 0 Å². The van der Waals surface area contributed by atoms with Crippen molar-refractivity contribution in [1.82, 2.24) is 10.3 Å². The first-order valence-electron chi connectivity index (χ1n) is 10.9. The summed E-state index contributed by atoms with van der Waals surface area (Å²) in [5, 5.41) is 14.8. The van der Waals surface area contributed by atoms with Gasteiger partial charge >= 0.3 is 12.2 Å². The van der Waals surface area contributed by atoms with Crippen LogP contribution in [0.4, 0.5) is 29.3 Å². The average Bonchev–Trinajstić information content (AvgIpc) is 2.75. The zero-order valence-corrected chi connectivity index (χ0v) is 17.9. The van der Waals surface area contributed by atoms with E-state index in [0.29, 0.717) is 19.4 Å². The summed E-state index contributed by atoms with van der Waals surface area (Å²) < 4.78 is 37.8. The lowest BCUT2D eigenvalue weighted by Gasteiger charge is -2.41. The van der Waals surface area contributed by atoms with Crippen molar-refractivity contribution in [2.45, 2.75) is 49.7 Å². The number of aromatic nitrogens is 1. The van der Waals surface area contributed by atoms with Crippen LogP contribution in [-0.2, 0) is 16.4 Å². The van der Waals surface area contributed by atoms with Crippen LogP contribution in [0.2, 0.25) is 0 Å². The monoisotopic (exact) mass is 462 g/mol. The molecule has 176 valence electrons. The molecule has 1 aromatic carbocycles. The fraction of sp³-hybridized carbons (Fsp3) is 0.435. The number of aliphatic hydroxyl groups excluding tert-OH is 1. The van der Waals surface area contributed by atoms with Gasteiger partial charge in [-0.15, -0.1) is 0 Å². The molecule has 1 aliphatic carbocycles. The Labute approximate surface area is 189 Å². The molecule has 1 aromatic heterocycles. The van der Waals surface area contributed by atoms with Crippen LogP contribution in [0.1, 0.15) is 43.4 Å². The van der Waals surface area contributed by atoms with Crippen LogP contribution in [0.5, 0.6) is 0 Å². The van der Waals surface area contributed by atoms with Gasteiger partial charge in [-0.3, -0.25) is 4.79 Å². The van der Waals surface area contributed by atoms with Crippen LogP contribution in [0.25, 0.3) is 0 Å². The number of benzene rings is 1. The summed E-state index contributed by atoms with van der Waals surface area (Å²) in [6, 6.07) is 8.04. The van der Waals surface area contributed by atoms with Gasteiger partial charge < -0.3 is 20.6 Å². The first-order chi connectivity index (χ1) is 15.7. The van der Waals surface area contributed by atoms with E-state index >= 15 is 0 Å². The van der Waals surface area contributed by atoms with Gasteiger partial charge in [0.25, 0.3) is 0 Å². The smallest absolute Gasteiger partial charge is 0.395 e. The number of aliphatic hydroxyl groups is 1. The predicted octanol–water partition coefficient (Wildman–Crippen LogP) is 3.83. The van der Waals surface area contributed by atoms with Gasteiger partial charge in [0.05, 0.1) is 18.5 Å². The molecule has 10 heteroatoms. The van der Waals surface area contributed by atoms with Crippen LogP contribution >= 0.6 is 0 Å². The fourth-order valence-corrected chi connectivity index (χ4v) is 4.36. The van der Waals surface area contributed by atoms with Gasteiger partial charge in [0.1, 0.15) is 11.7 Å². The minimum atomic E-state index is -4.56. The molecular weight excluding hydrogens is 437 g/mol. The van der Waals surface area contributed by atoms with Crippen LogP contribution < -0.4 is 15.5 Å². The summed E-state index contributed by atoms with van der Waals surface area (Å²) in [5.74, 6) is -0.254. The quantitative estimate of drug-likeness (QED) is 0.630. The second kappa shape index (κ2) is 9.01. The second-order valence-corrected chi connectivity index (χ2v) is 8.55. The van der Waals surface area contributed by atoms with Crippen molar-refractivity contribution in [3.8, 4) is 0 Å². The van der Waals surface area contributed by atoms with Gasteiger partial charge in [-0.1, -0.05) is 18.6 Å². The number of rotatable bonds is 5. The maximum absolute atomic E-state index is 13.0. The van der Waals surface area contributed by atoms with E-state index in [4.69, 9.17) is 0 Å². The molecule has 0 bridgehead atoms. The summed E-state index contributed by atoms with van der Waals surface area (Å²) >= 11 is 0. The minimum Gasteiger partial charge on any atom is -0.395 e. The zero-order valence-electron chi connectivity index (χ0n) is 17.9. The molecule has 0 spiro atoms. The second-order valence-electron chi connectivity index (χ2n) is 8.55. The fourth-order valence-electron chi connectivity index (χ4n) is 4.36. The normalized spacial score (nSPS) is 20.2. The molecule has 3 amide bonds. The highest BCUT2D eigenvalue weighted by Gasteiger charge is 2.38. The lowest BCUT2D eigenvalue weighted by molar-refractivity contribution is -0.141. The van der Waals surface area contributed by atoms with Crippen molar-refractivity contribution < 1.29 is 27.9 Å². The predicted molar refractivity (Wildman–Crippen MR) is 116 cm³/mol. The van der Waals surface area contributed by atoms with E-state index in [0.717, 1.165) is 48.8 Å². The molecule has 2 aliphatic rings. The van der Waals surface area contributed by atoms with Gasteiger partial charge in [-0.2, -0.15) is 13.2 Å². The summed E-state index contributed by atoms with van der Waals surface area (Å²) in [7, 11) is 0. The maximum atomic E-state index is 13.0. The van der Waals surface area contributed by atoms with Gasteiger partial charge in [0.15, 0.2) is 0 Å². The zero-order chi connectivity index (χ0) is 23.6. The number of halogens is 3. The Morgan fingerprint density at radius 1 is 1.15 bits per heavy atom. The molecule has 3 N–H and O–H groups in total. The van der Waals surface area contributed by atoms with Gasteiger partial charge in [0, 0.05) is 17.6 Å². The van der Waals surface area contributed by atoms with Gasteiger partial charge in [0.2, 0.25) is 5.91 Å². The van der Waals surface area contributed by atoms with E-state index in [2.05, 4.69) is 15.6 Å². The highest BCUT2D eigenvalue weighted by molar-refractivity contribution is 6.01. The number of pyridine rings is 1. The lowest BCUT2D eigenvalue weighted by Crippen LogP contribution is -2.53. The first-order valence-corrected chi connectivity index (χ1v) is 10.9. The van der Waals surface area contributed by atoms with Gasteiger partial charge in [-0.05, 0) is 55.5 Å². The molecule has 1 saturated carbocycles. The van der Waals surface area contributed by atoms with E-state index in [-0.39, 0.29) is 23.6 Å². The SMILES string of the molecule is O=C(Nc1ccc(C(F)(F)F)nc1)NC1CCCN(c2ccc(C3(CO)CCC3)cc2)C1=O. The Morgan fingerprint density at radius 3 is 2.42 bits per heavy atom. The summed E-state index contributed by atoms with van der Waals surface area (Å²) in [5.41, 5.74) is 0.628. The highest BCUT2D eigenvalue weighted by atomic mass is 19.4. The number of carbonyl (C=O) groups is 2. The van der Waals surface area contributed by atoms with E-state index in [1.807, 2.05) is 24.3 Å². The van der Waals surface area contributed by atoms with Crippen molar-refractivity contribution in [3.05, 3.63) is 53.9 Å². The van der Waals surface area contributed by atoms with Crippen molar-refractivity contribution in [2.24, 2.45) is 0 Å². The molecule has 1 unspecified atom stereocenters. The first kappa shape index (κ1) is 23.0. The molecule has 2 aromatic rings. The minimum absolute atomic E-state index is 0.0880. The third-order valence-electron chi connectivity index (χ3n) is 6.46. The van der Waals surface area contributed by atoms with Crippen molar-refractivity contribution in [1.29, 1.82) is 0 Å². The number of carbonyl (C=O) groups excluding carboxylic acids is 2. The van der Waals surface area contributed by atoms with Crippen LogP contribution in [-0.4, -0.2) is 41.2 Å². The van der Waals surface area contributed by atoms with E-state index in [1.54, 1.807) is 4.90 Å². The largest absolute Gasteiger partial charge is 0.433 e. The highest BCUT2D eigenvalue weighted by Crippen LogP contribution is 2.43. The number of nitrogens with one attached hydrogen (secondary N) is 2. The molecule has 1 aliphatic heterocycles. The molecule has 4 rings (SSSR count). The summed E-state index contributed by atoms with van der Waals surface area (Å²) in [6.07, 6.45) is 0.473. The van der Waals surface area contributed by atoms with Crippen molar-refractivity contribution >= 4 is 23.3 Å².